The summed E-state index contributed by atoms with van der Waals surface area (Å²) in [6.07, 6.45) is 9.22. The average Bonchev–Trinajstić information content (AvgIpc) is 2.83. The fraction of sp³-hybridized carbons (Fsp3) is 0.111. The zero-order chi connectivity index (χ0) is 21.5. The van der Waals surface area contributed by atoms with Crippen LogP contribution < -0.4 is 5.73 Å². The van der Waals surface area contributed by atoms with Crippen LogP contribution in [0, 0.1) is 5.92 Å². The third kappa shape index (κ3) is 5.59. The Bertz CT molecular complexity index is 1140. The molecule has 1 atom stereocenters. The number of amidine groups is 2. The van der Waals surface area contributed by atoms with Crippen LogP contribution in [0.25, 0.3) is 11.1 Å². The van der Waals surface area contributed by atoms with Crippen LogP contribution in [-0.2, 0) is 6.54 Å². The van der Waals surface area contributed by atoms with Gasteiger partial charge in [-0.25, -0.2) is 4.99 Å². The first kappa shape index (κ1) is 20.8. The van der Waals surface area contributed by atoms with Crippen LogP contribution in [0.4, 0.5) is 0 Å². The van der Waals surface area contributed by atoms with Gasteiger partial charge in [-0.05, 0) is 41.3 Å². The van der Waals surface area contributed by atoms with Crippen LogP contribution in [0.15, 0.2) is 113 Å². The number of nitrogens with zero attached hydrogens (tertiary/aromatic N) is 2. The van der Waals surface area contributed by atoms with Crippen molar-refractivity contribution in [3.05, 3.63) is 119 Å². The first-order chi connectivity index (χ1) is 15.2. The third-order valence-corrected chi connectivity index (χ3v) is 5.40. The summed E-state index contributed by atoms with van der Waals surface area (Å²) in [5.41, 5.74) is 10.6. The molecule has 3 aromatic rings. The summed E-state index contributed by atoms with van der Waals surface area (Å²) in [5, 5.41) is 0.734. The molecule has 0 fully saturated rings. The second-order valence-electron chi connectivity index (χ2n) is 7.40. The second kappa shape index (κ2) is 10.1. The molecule has 3 nitrogen and oxygen atoms in total. The molecular formula is C27H24ClN3. The molecule has 0 saturated heterocycles. The zero-order valence-electron chi connectivity index (χ0n) is 17.2. The van der Waals surface area contributed by atoms with Gasteiger partial charge in [0.15, 0.2) is 0 Å². The number of halogens is 1. The van der Waals surface area contributed by atoms with E-state index in [2.05, 4.69) is 36.4 Å². The SMILES string of the molecule is NC(=NC(=NCc1cccc(-c2ccc(Cl)cc2)c1)C1C=CC=CC1)c1ccccc1. The van der Waals surface area contributed by atoms with E-state index in [9.17, 15) is 0 Å². The van der Waals surface area contributed by atoms with Crippen molar-refractivity contribution in [3.8, 4) is 11.1 Å². The van der Waals surface area contributed by atoms with E-state index in [1.807, 2.05) is 66.7 Å². The van der Waals surface area contributed by atoms with Crippen molar-refractivity contribution in [2.75, 3.05) is 0 Å². The highest BCUT2D eigenvalue weighted by molar-refractivity contribution is 6.30. The summed E-state index contributed by atoms with van der Waals surface area (Å²) < 4.78 is 0. The maximum Gasteiger partial charge on any atom is 0.133 e. The molecule has 2 N–H and O–H groups in total. The van der Waals surface area contributed by atoms with Crippen LogP contribution in [0.1, 0.15) is 17.5 Å². The number of hydrogen-bond acceptors (Lipinski definition) is 1. The second-order valence-corrected chi connectivity index (χ2v) is 7.84. The minimum Gasteiger partial charge on any atom is -0.383 e. The van der Waals surface area contributed by atoms with E-state index in [4.69, 9.17) is 27.3 Å². The molecule has 1 unspecified atom stereocenters. The molecule has 0 bridgehead atoms. The molecule has 4 heteroatoms. The molecule has 0 heterocycles. The van der Waals surface area contributed by atoms with Crippen LogP contribution in [0.2, 0.25) is 5.02 Å². The molecule has 4 rings (SSSR count). The molecule has 31 heavy (non-hydrogen) atoms. The standard InChI is InChI=1S/C27H24ClN3/c28-25-16-14-21(15-17-25)24-13-7-8-20(18-24)19-30-27(23-11-5-2-6-12-23)31-26(29)22-9-3-1-4-10-22/h1-11,13-18,23H,12,19H2,(H2,29,30,31). The van der Waals surface area contributed by atoms with Gasteiger partial charge >= 0.3 is 0 Å². The summed E-state index contributed by atoms with van der Waals surface area (Å²) >= 11 is 6.02. The van der Waals surface area contributed by atoms with E-state index >= 15 is 0 Å². The maximum atomic E-state index is 6.30. The highest BCUT2D eigenvalue weighted by atomic mass is 35.5. The van der Waals surface area contributed by atoms with Crippen LogP contribution >= 0.6 is 11.6 Å². The van der Waals surface area contributed by atoms with E-state index in [0.717, 1.165) is 39.5 Å². The Hall–Kier alpha value is -3.43. The van der Waals surface area contributed by atoms with Crippen LogP contribution in [-0.4, -0.2) is 11.7 Å². The van der Waals surface area contributed by atoms with Crippen molar-refractivity contribution in [2.45, 2.75) is 13.0 Å². The lowest BCUT2D eigenvalue weighted by Gasteiger charge is -2.14. The van der Waals surface area contributed by atoms with Crippen molar-refractivity contribution >= 4 is 23.3 Å². The van der Waals surface area contributed by atoms with Gasteiger partial charge < -0.3 is 5.73 Å². The molecule has 0 aromatic heterocycles. The monoisotopic (exact) mass is 425 g/mol. The number of nitrogens with two attached hydrogens (primary N) is 1. The molecule has 0 radical (unpaired) electrons. The Kier molecular flexibility index (Phi) is 6.75. The Morgan fingerprint density at radius 2 is 1.71 bits per heavy atom. The molecule has 0 aliphatic heterocycles. The lowest BCUT2D eigenvalue weighted by molar-refractivity contribution is 0.844. The van der Waals surface area contributed by atoms with Crippen molar-refractivity contribution < 1.29 is 0 Å². The Labute approximate surface area is 188 Å². The van der Waals surface area contributed by atoms with Gasteiger partial charge in [0.2, 0.25) is 0 Å². The molecule has 1 aliphatic rings. The molecule has 0 saturated carbocycles. The van der Waals surface area contributed by atoms with E-state index in [0.29, 0.717) is 12.4 Å². The summed E-state index contributed by atoms with van der Waals surface area (Å²) in [7, 11) is 0. The number of benzene rings is 3. The number of allylic oxidation sites excluding steroid dienone is 3. The van der Waals surface area contributed by atoms with Gasteiger partial charge in [0.1, 0.15) is 11.7 Å². The minimum atomic E-state index is 0.117. The quantitative estimate of drug-likeness (QED) is 0.371. The van der Waals surface area contributed by atoms with Gasteiger partial charge in [0, 0.05) is 16.5 Å². The van der Waals surface area contributed by atoms with Gasteiger partial charge in [-0.1, -0.05) is 96.6 Å². The smallest absolute Gasteiger partial charge is 0.133 e. The van der Waals surface area contributed by atoms with Crippen LogP contribution in [0.3, 0.4) is 0 Å². The first-order valence-electron chi connectivity index (χ1n) is 10.3. The Balaban J connectivity index is 1.61. The molecular weight excluding hydrogens is 402 g/mol. The predicted molar refractivity (Wildman–Crippen MR) is 132 cm³/mol. The van der Waals surface area contributed by atoms with Gasteiger partial charge in [-0.15, -0.1) is 0 Å². The lowest BCUT2D eigenvalue weighted by Crippen LogP contribution is -2.20. The lowest BCUT2D eigenvalue weighted by atomic mass is 9.99. The molecule has 154 valence electrons. The van der Waals surface area contributed by atoms with Crippen LogP contribution in [0.5, 0.6) is 0 Å². The Morgan fingerprint density at radius 3 is 2.45 bits per heavy atom. The van der Waals surface area contributed by atoms with Gasteiger partial charge in [-0.3, -0.25) is 4.99 Å². The topological polar surface area (TPSA) is 50.7 Å². The van der Waals surface area contributed by atoms with Crippen molar-refractivity contribution in [3.63, 3.8) is 0 Å². The average molecular weight is 426 g/mol. The molecule has 0 spiro atoms. The summed E-state index contributed by atoms with van der Waals surface area (Å²) in [4.78, 5) is 9.60. The van der Waals surface area contributed by atoms with Crippen molar-refractivity contribution in [1.29, 1.82) is 0 Å². The molecule has 0 amide bonds. The summed E-state index contributed by atoms with van der Waals surface area (Å²) in [6.45, 7) is 0.538. The third-order valence-electron chi connectivity index (χ3n) is 5.14. The highest BCUT2D eigenvalue weighted by Crippen LogP contribution is 2.23. The zero-order valence-corrected chi connectivity index (χ0v) is 17.9. The van der Waals surface area contributed by atoms with E-state index in [1.165, 1.54) is 0 Å². The molecule has 1 aliphatic carbocycles. The summed E-state index contributed by atoms with van der Waals surface area (Å²) in [6, 6.07) is 26.1. The number of aliphatic imine (C=N–C) groups is 2. The van der Waals surface area contributed by atoms with Gasteiger partial charge in [0.25, 0.3) is 0 Å². The normalized spacial score (nSPS) is 16.5. The number of rotatable bonds is 5. The predicted octanol–water partition coefficient (Wildman–Crippen LogP) is 6.44. The Morgan fingerprint density at radius 1 is 0.903 bits per heavy atom. The largest absolute Gasteiger partial charge is 0.383 e. The number of hydrogen-bond donors (Lipinski definition) is 1. The maximum absolute atomic E-state index is 6.30. The van der Waals surface area contributed by atoms with E-state index < -0.39 is 0 Å². The van der Waals surface area contributed by atoms with Crippen molar-refractivity contribution in [2.24, 2.45) is 21.6 Å². The minimum absolute atomic E-state index is 0.117. The molecule has 3 aromatic carbocycles. The van der Waals surface area contributed by atoms with Gasteiger partial charge in [0.05, 0.1) is 6.54 Å². The fourth-order valence-corrected chi connectivity index (χ4v) is 3.59. The first-order valence-corrected chi connectivity index (χ1v) is 10.7. The van der Waals surface area contributed by atoms with Gasteiger partial charge in [-0.2, -0.15) is 0 Å². The highest BCUT2D eigenvalue weighted by Gasteiger charge is 2.14. The summed E-state index contributed by atoms with van der Waals surface area (Å²) in [5.74, 6) is 1.35. The van der Waals surface area contributed by atoms with Crippen molar-refractivity contribution in [1.82, 2.24) is 0 Å². The van der Waals surface area contributed by atoms with E-state index in [1.54, 1.807) is 0 Å². The fourth-order valence-electron chi connectivity index (χ4n) is 3.47. The van der Waals surface area contributed by atoms with E-state index in [-0.39, 0.29) is 5.92 Å².